The molecule has 2 heterocycles. The predicted molar refractivity (Wildman–Crippen MR) is 113 cm³/mol. The molecule has 0 saturated carbocycles. The number of anilines is 1. The summed E-state index contributed by atoms with van der Waals surface area (Å²) in [7, 11) is 1.98. The minimum atomic E-state index is -0.900. The summed E-state index contributed by atoms with van der Waals surface area (Å²) in [6.07, 6.45) is 4.09. The Bertz CT molecular complexity index is 1280. The number of carboxylic acid groups (broad SMARTS) is 1. The molecule has 0 saturated heterocycles. The van der Waals surface area contributed by atoms with Crippen molar-refractivity contribution in [2.24, 2.45) is 0 Å². The molecule has 1 aliphatic carbocycles. The molecule has 152 valence electrons. The van der Waals surface area contributed by atoms with E-state index in [9.17, 15) is 14.3 Å². The highest BCUT2D eigenvalue weighted by Gasteiger charge is 2.29. The summed E-state index contributed by atoms with van der Waals surface area (Å²) < 4.78 is 15.8. The largest absolute Gasteiger partial charge is 0.480 e. The fraction of sp³-hybridized carbons (Fsp3) is 0.261. The Hall–Kier alpha value is -3.48. The van der Waals surface area contributed by atoms with Crippen molar-refractivity contribution < 1.29 is 14.3 Å². The van der Waals surface area contributed by atoms with E-state index in [1.54, 1.807) is 6.07 Å². The number of carbonyl (C=O) groups is 1. The Labute approximate surface area is 172 Å². The van der Waals surface area contributed by atoms with Crippen LogP contribution in [0.15, 0.2) is 48.7 Å². The van der Waals surface area contributed by atoms with Gasteiger partial charge in [-0.15, -0.1) is 0 Å². The van der Waals surface area contributed by atoms with Crippen LogP contribution >= 0.6 is 0 Å². The summed E-state index contributed by atoms with van der Waals surface area (Å²) >= 11 is 0. The first-order valence-corrected chi connectivity index (χ1v) is 9.97. The van der Waals surface area contributed by atoms with Crippen LogP contribution in [-0.4, -0.2) is 38.7 Å². The van der Waals surface area contributed by atoms with Crippen LogP contribution in [0.25, 0.3) is 21.8 Å². The quantitative estimate of drug-likeness (QED) is 0.560. The molecule has 1 atom stereocenters. The lowest BCUT2D eigenvalue weighted by Gasteiger charge is -2.32. The highest BCUT2D eigenvalue weighted by atomic mass is 19.1. The minimum absolute atomic E-state index is 0.119. The molecule has 5 rings (SSSR count). The van der Waals surface area contributed by atoms with Crippen molar-refractivity contribution in [3.8, 4) is 0 Å². The van der Waals surface area contributed by atoms with Gasteiger partial charge in [0.05, 0.1) is 5.52 Å². The van der Waals surface area contributed by atoms with Gasteiger partial charge in [0, 0.05) is 41.3 Å². The maximum atomic E-state index is 14.0. The Morgan fingerprint density at radius 1 is 1.30 bits per heavy atom. The number of rotatable bonds is 4. The monoisotopic (exact) mass is 404 g/mol. The number of aromatic nitrogens is 3. The molecule has 1 aliphatic rings. The maximum absolute atomic E-state index is 14.0. The maximum Gasteiger partial charge on any atom is 0.323 e. The molecule has 2 aromatic heterocycles. The van der Waals surface area contributed by atoms with E-state index in [4.69, 9.17) is 4.98 Å². The predicted octanol–water partition coefficient (Wildman–Crippen LogP) is 3.80. The van der Waals surface area contributed by atoms with Crippen LogP contribution in [0, 0.1) is 5.82 Å². The SMILES string of the molecule is CN(c1ncc2ccccc2n1)C1CCc2c(c3cc(F)ccc3n2CC(=O)O)C1. The van der Waals surface area contributed by atoms with E-state index in [1.807, 2.05) is 42.1 Å². The summed E-state index contributed by atoms with van der Waals surface area (Å²) in [6, 6.07) is 12.6. The average molecular weight is 404 g/mol. The Kier molecular flexibility index (Phi) is 4.38. The normalized spacial score (nSPS) is 16.0. The van der Waals surface area contributed by atoms with E-state index in [2.05, 4.69) is 9.88 Å². The van der Waals surface area contributed by atoms with Gasteiger partial charge in [0.1, 0.15) is 12.4 Å². The van der Waals surface area contributed by atoms with Crippen LogP contribution in [0.1, 0.15) is 17.7 Å². The zero-order valence-electron chi connectivity index (χ0n) is 16.5. The molecular formula is C23H21FN4O2. The average Bonchev–Trinajstić information content (AvgIpc) is 3.04. The summed E-state index contributed by atoms with van der Waals surface area (Å²) in [5.41, 5.74) is 3.68. The molecule has 7 heteroatoms. The van der Waals surface area contributed by atoms with Gasteiger partial charge in [0.2, 0.25) is 5.95 Å². The third-order valence-electron chi connectivity index (χ3n) is 6.04. The van der Waals surface area contributed by atoms with Crippen molar-refractivity contribution in [2.45, 2.75) is 31.8 Å². The smallest absolute Gasteiger partial charge is 0.323 e. The highest BCUT2D eigenvalue weighted by Crippen LogP contribution is 2.34. The molecule has 0 fully saturated rings. The topological polar surface area (TPSA) is 71.2 Å². The van der Waals surface area contributed by atoms with Gasteiger partial charge in [-0.3, -0.25) is 4.79 Å². The molecule has 0 bridgehead atoms. The van der Waals surface area contributed by atoms with E-state index in [-0.39, 0.29) is 18.4 Å². The lowest BCUT2D eigenvalue weighted by Crippen LogP contribution is -2.37. The second-order valence-corrected chi connectivity index (χ2v) is 7.80. The van der Waals surface area contributed by atoms with Crippen LogP contribution in [0.2, 0.25) is 0 Å². The molecule has 0 radical (unpaired) electrons. The van der Waals surface area contributed by atoms with E-state index >= 15 is 0 Å². The second-order valence-electron chi connectivity index (χ2n) is 7.80. The van der Waals surface area contributed by atoms with Crippen molar-refractivity contribution in [3.63, 3.8) is 0 Å². The standard InChI is InChI=1S/C23H21FN4O2/c1-27(23-25-12-14-4-2-3-5-19(14)26-23)16-7-9-21-18(11-16)17-10-15(24)6-8-20(17)28(21)13-22(29)30/h2-6,8,10,12,16H,7,9,11,13H2,1H3,(H,29,30). The first kappa shape index (κ1) is 18.5. The summed E-state index contributed by atoms with van der Waals surface area (Å²) in [5.74, 6) is -0.559. The van der Waals surface area contributed by atoms with Crippen molar-refractivity contribution in [1.82, 2.24) is 14.5 Å². The lowest BCUT2D eigenvalue weighted by atomic mass is 9.90. The molecule has 2 aromatic carbocycles. The summed E-state index contributed by atoms with van der Waals surface area (Å²) in [5, 5.41) is 11.1. The number of fused-ring (bicyclic) bond motifs is 4. The number of likely N-dealkylation sites (N-methyl/N-ethyl adjacent to an activating group) is 1. The number of halogens is 1. The number of para-hydroxylation sites is 1. The second kappa shape index (κ2) is 7.09. The molecule has 1 N–H and O–H groups in total. The Morgan fingerprint density at radius 2 is 2.13 bits per heavy atom. The molecule has 6 nitrogen and oxygen atoms in total. The van der Waals surface area contributed by atoms with Crippen LogP contribution in [0.4, 0.5) is 10.3 Å². The van der Waals surface area contributed by atoms with Gasteiger partial charge in [-0.25, -0.2) is 14.4 Å². The molecule has 0 aliphatic heterocycles. The fourth-order valence-electron chi connectivity index (χ4n) is 4.55. The molecule has 0 spiro atoms. The third kappa shape index (κ3) is 3.07. The van der Waals surface area contributed by atoms with Gasteiger partial charge in [-0.1, -0.05) is 18.2 Å². The van der Waals surface area contributed by atoms with Gasteiger partial charge in [-0.05, 0) is 49.1 Å². The zero-order valence-corrected chi connectivity index (χ0v) is 16.5. The molecule has 4 aromatic rings. The van der Waals surface area contributed by atoms with Crippen LogP contribution in [0.3, 0.4) is 0 Å². The zero-order chi connectivity index (χ0) is 20.8. The first-order chi connectivity index (χ1) is 14.5. The van der Waals surface area contributed by atoms with Gasteiger partial charge in [0.25, 0.3) is 0 Å². The highest BCUT2D eigenvalue weighted by molar-refractivity contribution is 5.87. The van der Waals surface area contributed by atoms with Crippen molar-refractivity contribution in [1.29, 1.82) is 0 Å². The summed E-state index contributed by atoms with van der Waals surface area (Å²) in [4.78, 5) is 22.7. The van der Waals surface area contributed by atoms with Gasteiger partial charge < -0.3 is 14.6 Å². The van der Waals surface area contributed by atoms with Crippen molar-refractivity contribution in [2.75, 3.05) is 11.9 Å². The van der Waals surface area contributed by atoms with Gasteiger partial charge in [0.15, 0.2) is 0 Å². The van der Waals surface area contributed by atoms with Crippen molar-refractivity contribution in [3.05, 3.63) is 65.7 Å². The minimum Gasteiger partial charge on any atom is -0.480 e. The molecule has 1 unspecified atom stereocenters. The number of benzene rings is 2. The number of nitrogens with zero attached hydrogens (tertiary/aromatic N) is 4. The van der Waals surface area contributed by atoms with E-state index in [0.29, 0.717) is 12.4 Å². The molecular weight excluding hydrogens is 383 g/mol. The fourth-order valence-corrected chi connectivity index (χ4v) is 4.55. The van der Waals surface area contributed by atoms with E-state index in [1.165, 1.54) is 12.1 Å². The van der Waals surface area contributed by atoms with Crippen molar-refractivity contribution >= 4 is 33.7 Å². The van der Waals surface area contributed by atoms with Gasteiger partial charge >= 0.3 is 5.97 Å². The number of hydrogen-bond acceptors (Lipinski definition) is 4. The summed E-state index contributed by atoms with van der Waals surface area (Å²) in [6.45, 7) is -0.119. The van der Waals surface area contributed by atoms with Crippen LogP contribution in [0.5, 0.6) is 0 Å². The van der Waals surface area contributed by atoms with E-state index in [0.717, 1.165) is 45.9 Å². The van der Waals surface area contributed by atoms with Gasteiger partial charge in [-0.2, -0.15) is 0 Å². The van der Waals surface area contributed by atoms with Crippen LogP contribution in [-0.2, 0) is 24.2 Å². The molecule has 30 heavy (non-hydrogen) atoms. The number of aliphatic carboxylic acids is 1. The van der Waals surface area contributed by atoms with Crippen LogP contribution < -0.4 is 4.90 Å². The number of hydrogen-bond donors (Lipinski definition) is 1. The Balaban J connectivity index is 1.52. The van der Waals surface area contributed by atoms with E-state index < -0.39 is 5.97 Å². The molecule has 0 amide bonds. The lowest BCUT2D eigenvalue weighted by molar-refractivity contribution is -0.137. The Morgan fingerprint density at radius 3 is 2.97 bits per heavy atom. The third-order valence-corrected chi connectivity index (χ3v) is 6.04. The first-order valence-electron chi connectivity index (χ1n) is 9.97. The number of carboxylic acids is 1.